The van der Waals surface area contributed by atoms with E-state index < -0.39 is 0 Å². The van der Waals surface area contributed by atoms with Crippen LogP contribution in [-0.2, 0) is 4.79 Å². The molecule has 0 aliphatic carbocycles. The number of aromatic nitrogens is 2. The van der Waals surface area contributed by atoms with E-state index in [4.69, 9.17) is 11.6 Å². The molecule has 1 saturated heterocycles. The fourth-order valence-electron chi connectivity index (χ4n) is 3.90. The Kier molecular flexibility index (Phi) is 7.68. The number of nitrogens with zero attached hydrogens (tertiary/aromatic N) is 3. The van der Waals surface area contributed by atoms with Crippen LogP contribution >= 0.6 is 11.6 Å². The number of anilines is 2. The topological polar surface area (TPSA) is 75.2 Å². The number of nitrogens with one attached hydrogen (secondary N) is 1. The van der Waals surface area contributed by atoms with Crippen LogP contribution < -0.4 is 10.2 Å². The first-order chi connectivity index (χ1) is 16.1. The maximum absolute atomic E-state index is 12.3. The standard InChI is InChI=1S/C26H27ClN4O2/c27-21-9-5-20(6-10-21)24(32)14-16-26(33)28-22-11-7-19(8-12-22)23-13-15-25(30-29-23)31-17-3-1-2-4-18-31/h5-13,15H,1-4,14,16-18H2,(H,28,33). The van der Waals surface area contributed by atoms with Crippen LogP contribution in [0.1, 0.15) is 48.9 Å². The summed E-state index contributed by atoms with van der Waals surface area (Å²) in [4.78, 5) is 26.8. The molecule has 1 aliphatic heterocycles. The van der Waals surface area contributed by atoms with Gasteiger partial charge < -0.3 is 10.2 Å². The number of carbonyl (C=O) groups is 2. The summed E-state index contributed by atoms with van der Waals surface area (Å²) < 4.78 is 0. The number of carbonyl (C=O) groups excluding carboxylic acids is 2. The summed E-state index contributed by atoms with van der Waals surface area (Å²) in [5.41, 5.74) is 2.96. The lowest BCUT2D eigenvalue weighted by molar-refractivity contribution is -0.116. The molecular weight excluding hydrogens is 436 g/mol. The third kappa shape index (κ3) is 6.39. The second kappa shape index (κ2) is 11.1. The molecule has 1 amide bonds. The Morgan fingerprint density at radius 1 is 0.818 bits per heavy atom. The highest BCUT2D eigenvalue weighted by Gasteiger charge is 2.13. The zero-order chi connectivity index (χ0) is 23.0. The van der Waals surface area contributed by atoms with Crippen molar-refractivity contribution in [1.29, 1.82) is 0 Å². The number of ketones is 1. The number of halogens is 1. The minimum Gasteiger partial charge on any atom is -0.355 e. The first-order valence-electron chi connectivity index (χ1n) is 11.4. The van der Waals surface area contributed by atoms with Gasteiger partial charge in [-0.05, 0) is 61.4 Å². The van der Waals surface area contributed by atoms with Crippen LogP contribution in [0.3, 0.4) is 0 Å². The Labute approximate surface area is 199 Å². The summed E-state index contributed by atoms with van der Waals surface area (Å²) >= 11 is 5.84. The van der Waals surface area contributed by atoms with Crippen molar-refractivity contribution in [2.24, 2.45) is 0 Å². The van der Waals surface area contributed by atoms with Gasteiger partial charge in [0.05, 0.1) is 5.69 Å². The molecule has 6 nitrogen and oxygen atoms in total. The largest absolute Gasteiger partial charge is 0.355 e. The molecule has 1 fully saturated rings. The van der Waals surface area contributed by atoms with Gasteiger partial charge in [0.1, 0.15) is 0 Å². The van der Waals surface area contributed by atoms with Crippen LogP contribution in [0.2, 0.25) is 5.02 Å². The summed E-state index contributed by atoms with van der Waals surface area (Å²) in [6.45, 7) is 2.07. The third-order valence-electron chi connectivity index (χ3n) is 5.79. The van der Waals surface area contributed by atoms with Gasteiger partial charge in [-0.1, -0.05) is 36.6 Å². The molecule has 2 aromatic carbocycles. The SMILES string of the molecule is O=C(CCC(=O)c1ccc(Cl)cc1)Nc1ccc(-c2ccc(N3CCCCCC3)nn2)cc1. The quantitative estimate of drug-likeness (QED) is 0.450. The Morgan fingerprint density at radius 3 is 2.15 bits per heavy atom. The molecule has 0 radical (unpaired) electrons. The molecule has 7 heteroatoms. The molecule has 3 aromatic rings. The number of benzene rings is 2. The Hall–Kier alpha value is -3.25. The van der Waals surface area contributed by atoms with Crippen molar-refractivity contribution in [3.8, 4) is 11.3 Å². The van der Waals surface area contributed by atoms with Gasteiger partial charge in [0.25, 0.3) is 0 Å². The molecule has 170 valence electrons. The van der Waals surface area contributed by atoms with E-state index in [0.29, 0.717) is 16.3 Å². The van der Waals surface area contributed by atoms with Crippen LogP contribution in [0.5, 0.6) is 0 Å². The summed E-state index contributed by atoms with van der Waals surface area (Å²) in [7, 11) is 0. The van der Waals surface area contributed by atoms with Crippen molar-refractivity contribution in [3.05, 3.63) is 71.2 Å². The molecule has 4 rings (SSSR count). The highest BCUT2D eigenvalue weighted by molar-refractivity contribution is 6.30. The van der Waals surface area contributed by atoms with Crippen molar-refractivity contribution < 1.29 is 9.59 Å². The van der Waals surface area contributed by atoms with E-state index in [0.717, 1.165) is 30.2 Å². The Morgan fingerprint density at radius 2 is 1.52 bits per heavy atom. The molecule has 1 aliphatic rings. The predicted molar refractivity (Wildman–Crippen MR) is 132 cm³/mol. The first kappa shape index (κ1) is 22.9. The van der Waals surface area contributed by atoms with E-state index in [2.05, 4.69) is 20.4 Å². The normalized spacial score (nSPS) is 13.9. The fourth-order valence-corrected chi connectivity index (χ4v) is 4.03. The van der Waals surface area contributed by atoms with Crippen molar-refractivity contribution in [1.82, 2.24) is 10.2 Å². The van der Waals surface area contributed by atoms with E-state index in [9.17, 15) is 9.59 Å². The van der Waals surface area contributed by atoms with Gasteiger partial charge >= 0.3 is 0 Å². The Bertz CT molecular complexity index is 1070. The number of hydrogen-bond acceptors (Lipinski definition) is 5. The third-order valence-corrected chi connectivity index (χ3v) is 6.04. The van der Waals surface area contributed by atoms with Gasteiger partial charge in [-0.2, -0.15) is 0 Å². The monoisotopic (exact) mass is 462 g/mol. The van der Waals surface area contributed by atoms with E-state index in [-0.39, 0.29) is 24.5 Å². The van der Waals surface area contributed by atoms with Gasteiger partial charge in [0.2, 0.25) is 5.91 Å². The molecule has 1 N–H and O–H groups in total. The number of amides is 1. The molecule has 1 aromatic heterocycles. The molecule has 33 heavy (non-hydrogen) atoms. The lowest BCUT2D eigenvalue weighted by Gasteiger charge is -2.20. The lowest BCUT2D eigenvalue weighted by Crippen LogP contribution is -2.25. The molecule has 0 saturated carbocycles. The Balaban J connectivity index is 1.30. The minimum absolute atomic E-state index is 0.0839. The zero-order valence-electron chi connectivity index (χ0n) is 18.5. The molecule has 0 atom stereocenters. The van der Waals surface area contributed by atoms with E-state index in [1.54, 1.807) is 24.3 Å². The van der Waals surface area contributed by atoms with E-state index in [1.165, 1.54) is 25.7 Å². The van der Waals surface area contributed by atoms with Crippen LogP contribution in [0.25, 0.3) is 11.3 Å². The van der Waals surface area contributed by atoms with Crippen molar-refractivity contribution in [2.45, 2.75) is 38.5 Å². The van der Waals surface area contributed by atoms with E-state index in [1.807, 2.05) is 36.4 Å². The molecule has 0 unspecified atom stereocenters. The maximum atomic E-state index is 12.3. The van der Waals surface area contributed by atoms with Gasteiger partial charge in [-0.25, -0.2) is 0 Å². The maximum Gasteiger partial charge on any atom is 0.224 e. The van der Waals surface area contributed by atoms with Crippen molar-refractivity contribution in [2.75, 3.05) is 23.3 Å². The second-order valence-corrected chi connectivity index (χ2v) is 8.67. The number of hydrogen-bond donors (Lipinski definition) is 1. The van der Waals surface area contributed by atoms with Crippen molar-refractivity contribution in [3.63, 3.8) is 0 Å². The van der Waals surface area contributed by atoms with Gasteiger partial charge in [-0.3, -0.25) is 9.59 Å². The van der Waals surface area contributed by atoms with Crippen LogP contribution in [-0.4, -0.2) is 35.0 Å². The highest BCUT2D eigenvalue weighted by Crippen LogP contribution is 2.22. The van der Waals surface area contributed by atoms with Gasteiger partial charge in [0, 0.05) is 47.8 Å². The molecule has 0 spiro atoms. The van der Waals surface area contributed by atoms with Crippen LogP contribution in [0.4, 0.5) is 11.5 Å². The van der Waals surface area contributed by atoms with Crippen molar-refractivity contribution >= 4 is 34.8 Å². The van der Waals surface area contributed by atoms with Crippen LogP contribution in [0, 0.1) is 0 Å². The van der Waals surface area contributed by atoms with Gasteiger partial charge in [0.15, 0.2) is 11.6 Å². The molecule has 2 heterocycles. The van der Waals surface area contributed by atoms with E-state index >= 15 is 0 Å². The van der Waals surface area contributed by atoms with Crippen LogP contribution in [0.15, 0.2) is 60.7 Å². The number of rotatable bonds is 7. The van der Waals surface area contributed by atoms with Gasteiger partial charge in [-0.15, -0.1) is 10.2 Å². The summed E-state index contributed by atoms with van der Waals surface area (Å²) in [6, 6.07) is 18.2. The minimum atomic E-state index is -0.202. The first-order valence-corrected chi connectivity index (χ1v) is 11.7. The summed E-state index contributed by atoms with van der Waals surface area (Å²) in [5.74, 6) is 0.642. The molecule has 0 bridgehead atoms. The average Bonchev–Trinajstić information content (AvgIpc) is 3.13. The highest BCUT2D eigenvalue weighted by atomic mass is 35.5. The smallest absolute Gasteiger partial charge is 0.224 e. The second-order valence-electron chi connectivity index (χ2n) is 8.23. The molecular formula is C26H27ClN4O2. The lowest BCUT2D eigenvalue weighted by atomic mass is 10.1. The predicted octanol–water partition coefficient (Wildman–Crippen LogP) is 5.78. The number of Topliss-reactive ketones (excluding diaryl/α,β-unsaturated/α-hetero) is 1. The summed E-state index contributed by atoms with van der Waals surface area (Å²) in [5, 5.41) is 12.2. The average molecular weight is 463 g/mol. The fraction of sp³-hybridized carbons (Fsp3) is 0.308. The zero-order valence-corrected chi connectivity index (χ0v) is 19.2. The summed E-state index contributed by atoms with van der Waals surface area (Å²) in [6.07, 6.45) is 5.22.